The zero-order valence-corrected chi connectivity index (χ0v) is 11.1. The van der Waals surface area contributed by atoms with E-state index in [0.29, 0.717) is 16.8 Å². The monoisotopic (exact) mass is 271 g/mol. The molecule has 2 aromatic rings. The lowest BCUT2D eigenvalue weighted by Gasteiger charge is -2.07. The van der Waals surface area contributed by atoms with Crippen molar-refractivity contribution < 1.29 is 19.4 Å². The maximum Gasteiger partial charge on any atom is 0.337 e. The van der Waals surface area contributed by atoms with Crippen molar-refractivity contribution in [2.24, 2.45) is 0 Å². The summed E-state index contributed by atoms with van der Waals surface area (Å²) in [5.41, 5.74) is 2.27. The van der Waals surface area contributed by atoms with Crippen LogP contribution < -0.4 is 0 Å². The number of carboxylic acids is 1. The fraction of sp³-hybridized carbons (Fsp3) is 0.133. The van der Waals surface area contributed by atoms with Gasteiger partial charge in [-0.2, -0.15) is 0 Å². The molecule has 1 N–H and O–H groups in total. The van der Waals surface area contributed by atoms with Crippen molar-refractivity contribution in [1.29, 1.82) is 0 Å². The maximum atomic E-state index is 11.4. The van der Waals surface area contributed by atoms with Crippen molar-refractivity contribution in [3.8, 4) is 11.3 Å². The maximum absolute atomic E-state index is 11.4. The van der Waals surface area contributed by atoms with Gasteiger partial charge >= 0.3 is 11.9 Å². The van der Waals surface area contributed by atoms with Gasteiger partial charge in [-0.25, -0.2) is 9.59 Å². The van der Waals surface area contributed by atoms with Gasteiger partial charge in [-0.1, -0.05) is 12.1 Å². The molecule has 0 unspecified atom stereocenters. The lowest BCUT2D eigenvalue weighted by Crippen LogP contribution is -2.03. The van der Waals surface area contributed by atoms with Gasteiger partial charge in [-0.05, 0) is 31.2 Å². The third-order valence-corrected chi connectivity index (χ3v) is 2.84. The number of benzene rings is 1. The second kappa shape index (κ2) is 5.52. The van der Waals surface area contributed by atoms with E-state index in [4.69, 9.17) is 0 Å². The molecule has 0 bridgehead atoms. The van der Waals surface area contributed by atoms with Crippen LogP contribution in [-0.4, -0.2) is 29.1 Å². The number of rotatable bonds is 3. The highest BCUT2D eigenvalue weighted by Crippen LogP contribution is 2.23. The average Bonchev–Trinajstić information content (AvgIpc) is 2.46. The number of ether oxygens (including phenoxy) is 1. The Hall–Kier alpha value is -2.69. The molecule has 5 heteroatoms. The first-order valence-electron chi connectivity index (χ1n) is 5.92. The number of nitrogens with zero attached hydrogens (tertiary/aromatic N) is 1. The van der Waals surface area contributed by atoms with Crippen LogP contribution in [0, 0.1) is 6.92 Å². The molecule has 0 fully saturated rings. The highest BCUT2D eigenvalue weighted by atomic mass is 16.5. The molecule has 1 aromatic carbocycles. The van der Waals surface area contributed by atoms with E-state index in [1.54, 1.807) is 37.3 Å². The first kappa shape index (κ1) is 13.7. The number of aromatic nitrogens is 1. The molecule has 0 aliphatic rings. The number of aryl methyl sites for hydroxylation is 1. The Morgan fingerprint density at radius 2 is 1.75 bits per heavy atom. The SMILES string of the molecule is COC(=O)c1ccc(-c2nc(C)ccc2C(=O)O)cc1. The molecule has 1 aromatic heterocycles. The zero-order chi connectivity index (χ0) is 14.7. The van der Waals surface area contributed by atoms with Crippen LogP contribution in [0.25, 0.3) is 11.3 Å². The number of esters is 1. The van der Waals surface area contributed by atoms with Crippen LogP contribution in [0.15, 0.2) is 36.4 Å². The van der Waals surface area contributed by atoms with E-state index in [-0.39, 0.29) is 5.56 Å². The standard InChI is InChI=1S/C15H13NO4/c1-9-3-8-12(14(17)18)13(16-9)10-4-6-11(7-5-10)15(19)20-2/h3-8H,1-2H3,(H,17,18). The number of methoxy groups -OCH3 is 1. The third kappa shape index (κ3) is 2.66. The Bertz CT molecular complexity index is 662. The van der Waals surface area contributed by atoms with E-state index in [1.165, 1.54) is 13.2 Å². The molecule has 2 rings (SSSR count). The van der Waals surface area contributed by atoms with Crippen LogP contribution in [0.3, 0.4) is 0 Å². The molecular formula is C15H13NO4. The van der Waals surface area contributed by atoms with Crippen molar-refractivity contribution in [3.05, 3.63) is 53.2 Å². The van der Waals surface area contributed by atoms with Gasteiger partial charge < -0.3 is 9.84 Å². The fourth-order valence-electron chi connectivity index (χ4n) is 1.83. The molecule has 0 saturated heterocycles. The highest BCUT2D eigenvalue weighted by molar-refractivity contribution is 5.95. The molecule has 0 saturated carbocycles. The smallest absolute Gasteiger partial charge is 0.337 e. The van der Waals surface area contributed by atoms with E-state index < -0.39 is 11.9 Å². The number of aromatic carboxylic acids is 1. The van der Waals surface area contributed by atoms with Gasteiger partial charge in [0.25, 0.3) is 0 Å². The first-order chi connectivity index (χ1) is 9.52. The summed E-state index contributed by atoms with van der Waals surface area (Å²) in [6.07, 6.45) is 0. The number of carboxylic acid groups (broad SMARTS) is 1. The van der Waals surface area contributed by atoms with Gasteiger partial charge in [0.1, 0.15) is 0 Å². The number of pyridine rings is 1. The summed E-state index contributed by atoms with van der Waals surface area (Å²) < 4.78 is 4.61. The Labute approximate surface area is 115 Å². The fourth-order valence-corrected chi connectivity index (χ4v) is 1.83. The molecule has 0 aliphatic carbocycles. The highest BCUT2D eigenvalue weighted by Gasteiger charge is 2.14. The predicted molar refractivity (Wildman–Crippen MR) is 72.7 cm³/mol. The number of carbonyl (C=O) groups is 2. The molecule has 1 heterocycles. The van der Waals surface area contributed by atoms with E-state index >= 15 is 0 Å². The molecule has 0 aliphatic heterocycles. The van der Waals surface area contributed by atoms with Crippen LogP contribution in [0.1, 0.15) is 26.4 Å². The Kier molecular flexibility index (Phi) is 3.79. The van der Waals surface area contributed by atoms with Crippen LogP contribution in [-0.2, 0) is 4.74 Å². The van der Waals surface area contributed by atoms with Crippen LogP contribution in [0.5, 0.6) is 0 Å². The second-order valence-electron chi connectivity index (χ2n) is 4.22. The van der Waals surface area contributed by atoms with Crippen molar-refractivity contribution in [3.63, 3.8) is 0 Å². The van der Waals surface area contributed by atoms with Crippen molar-refractivity contribution in [1.82, 2.24) is 4.98 Å². The summed E-state index contributed by atoms with van der Waals surface area (Å²) in [6, 6.07) is 9.64. The Morgan fingerprint density at radius 3 is 2.30 bits per heavy atom. The molecule has 0 atom stereocenters. The van der Waals surface area contributed by atoms with Gasteiger partial charge in [0.15, 0.2) is 0 Å². The summed E-state index contributed by atoms with van der Waals surface area (Å²) in [5, 5.41) is 9.18. The Balaban J connectivity index is 2.48. The molecule has 102 valence electrons. The largest absolute Gasteiger partial charge is 0.478 e. The van der Waals surface area contributed by atoms with Gasteiger partial charge in [-0.15, -0.1) is 0 Å². The van der Waals surface area contributed by atoms with E-state index in [0.717, 1.165) is 5.69 Å². The average molecular weight is 271 g/mol. The topological polar surface area (TPSA) is 76.5 Å². The van der Waals surface area contributed by atoms with Crippen molar-refractivity contribution in [2.45, 2.75) is 6.92 Å². The molecule has 20 heavy (non-hydrogen) atoms. The van der Waals surface area contributed by atoms with E-state index in [9.17, 15) is 14.7 Å². The summed E-state index contributed by atoms with van der Waals surface area (Å²) in [4.78, 5) is 26.8. The summed E-state index contributed by atoms with van der Waals surface area (Å²) >= 11 is 0. The lowest BCUT2D eigenvalue weighted by atomic mass is 10.0. The van der Waals surface area contributed by atoms with Gasteiger partial charge in [0, 0.05) is 11.3 Å². The van der Waals surface area contributed by atoms with Gasteiger partial charge in [-0.3, -0.25) is 4.98 Å². The molecule has 0 amide bonds. The predicted octanol–water partition coefficient (Wildman–Crippen LogP) is 2.54. The molecule has 0 radical (unpaired) electrons. The Morgan fingerprint density at radius 1 is 1.10 bits per heavy atom. The second-order valence-corrected chi connectivity index (χ2v) is 4.22. The van der Waals surface area contributed by atoms with Crippen LogP contribution in [0.4, 0.5) is 0 Å². The van der Waals surface area contributed by atoms with Crippen molar-refractivity contribution >= 4 is 11.9 Å². The molecule has 5 nitrogen and oxygen atoms in total. The van der Waals surface area contributed by atoms with Crippen LogP contribution >= 0.6 is 0 Å². The zero-order valence-electron chi connectivity index (χ0n) is 11.1. The number of carbonyl (C=O) groups excluding carboxylic acids is 1. The minimum absolute atomic E-state index is 0.126. The number of hydrogen-bond donors (Lipinski definition) is 1. The van der Waals surface area contributed by atoms with Crippen molar-refractivity contribution in [2.75, 3.05) is 7.11 Å². The summed E-state index contributed by atoms with van der Waals surface area (Å²) in [7, 11) is 1.31. The summed E-state index contributed by atoms with van der Waals surface area (Å²) in [6.45, 7) is 1.79. The van der Waals surface area contributed by atoms with Crippen LogP contribution in [0.2, 0.25) is 0 Å². The van der Waals surface area contributed by atoms with Gasteiger partial charge in [0.2, 0.25) is 0 Å². The normalized spacial score (nSPS) is 10.1. The minimum atomic E-state index is -1.04. The number of hydrogen-bond acceptors (Lipinski definition) is 4. The third-order valence-electron chi connectivity index (χ3n) is 2.84. The minimum Gasteiger partial charge on any atom is -0.478 e. The quantitative estimate of drug-likeness (QED) is 0.868. The lowest BCUT2D eigenvalue weighted by molar-refractivity contribution is 0.0599. The van der Waals surface area contributed by atoms with Gasteiger partial charge in [0.05, 0.1) is 23.9 Å². The first-order valence-corrected chi connectivity index (χ1v) is 5.92. The van der Waals surface area contributed by atoms with E-state index in [2.05, 4.69) is 9.72 Å². The van der Waals surface area contributed by atoms with E-state index in [1.807, 2.05) is 0 Å². The summed E-state index contributed by atoms with van der Waals surface area (Å²) in [5.74, 6) is -1.48. The molecular weight excluding hydrogens is 258 g/mol. The molecule has 0 spiro atoms.